The molecule has 0 spiro atoms. The number of ether oxygens (including phenoxy) is 1. The van der Waals surface area contributed by atoms with Crippen LogP contribution >= 0.6 is 0 Å². The summed E-state index contributed by atoms with van der Waals surface area (Å²) in [5.74, 6) is 0.672. The molecule has 4 nitrogen and oxygen atoms in total. The van der Waals surface area contributed by atoms with E-state index in [9.17, 15) is 10.4 Å². The number of phenolic OH excluding ortho intramolecular Hbond substituents is 1. The highest BCUT2D eigenvalue weighted by Gasteiger charge is 2.31. The zero-order chi connectivity index (χ0) is 16.7. The van der Waals surface area contributed by atoms with Crippen molar-refractivity contribution in [3.63, 3.8) is 0 Å². The first-order valence-electron chi connectivity index (χ1n) is 7.57. The summed E-state index contributed by atoms with van der Waals surface area (Å²) in [5.41, 5.74) is 8.19. The topological polar surface area (TPSA) is 79.3 Å². The number of fused-ring (bicyclic) bond motifs is 3. The fraction of sp³-hybridized carbons (Fsp3) is 0.0500. The average Bonchev–Trinajstić information content (AvgIpc) is 2.61. The monoisotopic (exact) mass is 314 g/mol. The molecule has 3 N–H and O–H groups in total. The van der Waals surface area contributed by atoms with E-state index in [0.29, 0.717) is 11.3 Å². The molecule has 4 rings (SSSR count). The van der Waals surface area contributed by atoms with E-state index in [-0.39, 0.29) is 17.6 Å². The van der Waals surface area contributed by atoms with Gasteiger partial charge in [-0.3, -0.25) is 0 Å². The maximum atomic E-state index is 9.57. The Labute approximate surface area is 139 Å². The van der Waals surface area contributed by atoms with E-state index in [1.54, 1.807) is 24.3 Å². The van der Waals surface area contributed by atoms with E-state index in [0.717, 1.165) is 21.9 Å². The highest BCUT2D eigenvalue weighted by molar-refractivity contribution is 5.90. The highest BCUT2D eigenvalue weighted by Crippen LogP contribution is 2.45. The molecule has 0 bridgehead atoms. The predicted octanol–water partition coefficient (Wildman–Crippen LogP) is 3.76. The van der Waals surface area contributed by atoms with Gasteiger partial charge in [-0.15, -0.1) is 0 Å². The van der Waals surface area contributed by atoms with Gasteiger partial charge in [-0.2, -0.15) is 5.26 Å². The summed E-state index contributed by atoms with van der Waals surface area (Å²) in [6, 6.07) is 20.9. The van der Waals surface area contributed by atoms with Gasteiger partial charge in [-0.25, -0.2) is 0 Å². The minimum Gasteiger partial charge on any atom is -0.508 e. The van der Waals surface area contributed by atoms with Crippen molar-refractivity contribution in [2.75, 3.05) is 0 Å². The van der Waals surface area contributed by atoms with Crippen molar-refractivity contribution >= 4 is 10.8 Å². The van der Waals surface area contributed by atoms with Crippen molar-refractivity contribution in [1.82, 2.24) is 0 Å². The van der Waals surface area contributed by atoms with Gasteiger partial charge in [0.25, 0.3) is 0 Å². The molecule has 3 aromatic rings. The van der Waals surface area contributed by atoms with Gasteiger partial charge in [0.1, 0.15) is 23.1 Å². The van der Waals surface area contributed by atoms with E-state index in [1.165, 1.54) is 0 Å². The van der Waals surface area contributed by atoms with Crippen molar-refractivity contribution < 1.29 is 9.84 Å². The number of nitrogens with two attached hydrogens (primary N) is 1. The molecule has 1 heterocycles. The second kappa shape index (κ2) is 5.32. The van der Waals surface area contributed by atoms with Gasteiger partial charge in [0.15, 0.2) is 0 Å². The maximum absolute atomic E-state index is 9.57. The van der Waals surface area contributed by atoms with Crippen LogP contribution in [0.15, 0.2) is 72.1 Å². The average molecular weight is 314 g/mol. The Bertz CT molecular complexity index is 1010. The Kier molecular flexibility index (Phi) is 3.14. The lowest BCUT2D eigenvalue weighted by atomic mass is 9.82. The Morgan fingerprint density at radius 2 is 1.75 bits per heavy atom. The van der Waals surface area contributed by atoms with Gasteiger partial charge in [0, 0.05) is 10.9 Å². The number of nitrogens with zero attached hydrogens (tertiary/aromatic N) is 1. The summed E-state index contributed by atoms with van der Waals surface area (Å²) >= 11 is 0. The molecule has 0 saturated carbocycles. The molecule has 0 fully saturated rings. The Morgan fingerprint density at radius 3 is 2.50 bits per heavy atom. The quantitative estimate of drug-likeness (QED) is 0.716. The lowest BCUT2D eigenvalue weighted by Crippen LogP contribution is -2.21. The van der Waals surface area contributed by atoms with Crippen LogP contribution in [0, 0.1) is 11.3 Å². The summed E-state index contributed by atoms with van der Waals surface area (Å²) in [7, 11) is 0. The number of hydrogen-bond donors (Lipinski definition) is 2. The molecule has 0 aromatic heterocycles. The van der Waals surface area contributed by atoms with Crippen LogP contribution in [-0.2, 0) is 0 Å². The molecule has 1 unspecified atom stereocenters. The second-order valence-corrected chi connectivity index (χ2v) is 5.72. The van der Waals surface area contributed by atoms with E-state index in [1.807, 2.05) is 36.4 Å². The minimum atomic E-state index is -0.316. The molecule has 4 heteroatoms. The fourth-order valence-corrected chi connectivity index (χ4v) is 3.20. The molecule has 0 amide bonds. The van der Waals surface area contributed by atoms with Crippen LogP contribution in [0.3, 0.4) is 0 Å². The van der Waals surface area contributed by atoms with E-state index in [2.05, 4.69) is 6.07 Å². The summed E-state index contributed by atoms with van der Waals surface area (Å²) < 4.78 is 5.81. The third-order valence-corrected chi connectivity index (χ3v) is 4.33. The summed E-state index contributed by atoms with van der Waals surface area (Å²) in [6.07, 6.45) is 0. The second-order valence-electron chi connectivity index (χ2n) is 5.72. The van der Waals surface area contributed by atoms with Crippen molar-refractivity contribution in [3.05, 3.63) is 83.2 Å². The first-order chi connectivity index (χ1) is 11.7. The zero-order valence-electron chi connectivity index (χ0n) is 12.7. The van der Waals surface area contributed by atoms with Crippen LogP contribution in [-0.4, -0.2) is 5.11 Å². The normalized spacial score (nSPS) is 16.4. The van der Waals surface area contributed by atoms with Gasteiger partial charge in [-0.1, -0.05) is 48.5 Å². The van der Waals surface area contributed by atoms with Crippen molar-refractivity contribution in [2.45, 2.75) is 5.92 Å². The first kappa shape index (κ1) is 14.2. The molecule has 1 atom stereocenters. The molecule has 3 aromatic carbocycles. The van der Waals surface area contributed by atoms with Gasteiger partial charge in [-0.05, 0) is 23.1 Å². The first-order valence-corrected chi connectivity index (χ1v) is 7.57. The molecule has 1 aliphatic heterocycles. The number of phenols is 1. The van der Waals surface area contributed by atoms with Crippen molar-refractivity contribution in [3.8, 4) is 17.6 Å². The molecule has 116 valence electrons. The largest absolute Gasteiger partial charge is 0.508 e. The van der Waals surface area contributed by atoms with Gasteiger partial charge < -0.3 is 15.6 Å². The number of rotatable bonds is 1. The third kappa shape index (κ3) is 2.07. The SMILES string of the molecule is N#CC1=C(N)Oc2c(ccc3ccccc23)C1c1ccc(O)cc1. The van der Waals surface area contributed by atoms with Crippen LogP contribution < -0.4 is 10.5 Å². The fourth-order valence-electron chi connectivity index (χ4n) is 3.20. The number of benzene rings is 3. The molecule has 0 saturated heterocycles. The van der Waals surface area contributed by atoms with E-state index >= 15 is 0 Å². The smallest absolute Gasteiger partial charge is 0.205 e. The Balaban J connectivity index is 2.00. The van der Waals surface area contributed by atoms with Crippen LogP contribution in [0.25, 0.3) is 10.8 Å². The maximum Gasteiger partial charge on any atom is 0.205 e. The standard InChI is InChI=1S/C20H14N2O2/c21-11-17-18(13-5-8-14(23)9-6-13)16-10-7-12-3-1-2-4-15(12)19(16)24-20(17)22/h1-10,18,23H,22H2. The van der Waals surface area contributed by atoms with E-state index < -0.39 is 0 Å². The molecular weight excluding hydrogens is 300 g/mol. The molecule has 0 radical (unpaired) electrons. The molecular formula is C20H14N2O2. The summed E-state index contributed by atoms with van der Waals surface area (Å²) in [5, 5.41) is 21.1. The molecule has 24 heavy (non-hydrogen) atoms. The van der Waals surface area contributed by atoms with Gasteiger partial charge in [0.2, 0.25) is 5.88 Å². The van der Waals surface area contributed by atoms with Crippen molar-refractivity contribution in [1.29, 1.82) is 5.26 Å². The van der Waals surface area contributed by atoms with Crippen LogP contribution in [0.1, 0.15) is 17.0 Å². The van der Waals surface area contributed by atoms with Crippen molar-refractivity contribution in [2.24, 2.45) is 5.73 Å². The number of allylic oxidation sites excluding steroid dienone is 1. The van der Waals surface area contributed by atoms with Gasteiger partial charge in [0.05, 0.1) is 5.92 Å². The predicted molar refractivity (Wildman–Crippen MR) is 91.4 cm³/mol. The van der Waals surface area contributed by atoms with Gasteiger partial charge >= 0.3 is 0 Å². The van der Waals surface area contributed by atoms with Crippen LogP contribution in [0.5, 0.6) is 11.5 Å². The third-order valence-electron chi connectivity index (χ3n) is 4.33. The number of hydrogen-bond acceptors (Lipinski definition) is 4. The van der Waals surface area contributed by atoms with Crippen LogP contribution in [0.4, 0.5) is 0 Å². The lowest BCUT2D eigenvalue weighted by Gasteiger charge is -2.27. The highest BCUT2D eigenvalue weighted by atomic mass is 16.5. The summed E-state index contributed by atoms with van der Waals surface area (Å²) in [6.45, 7) is 0. The molecule has 1 aliphatic rings. The van der Waals surface area contributed by atoms with Crippen LogP contribution in [0.2, 0.25) is 0 Å². The molecule has 0 aliphatic carbocycles. The number of nitriles is 1. The Hall–Kier alpha value is -3.45. The lowest BCUT2D eigenvalue weighted by molar-refractivity contribution is 0.398. The Morgan fingerprint density at radius 1 is 1.00 bits per heavy atom. The minimum absolute atomic E-state index is 0.124. The zero-order valence-corrected chi connectivity index (χ0v) is 12.7. The summed E-state index contributed by atoms with van der Waals surface area (Å²) in [4.78, 5) is 0. The number of aromatic hydroxyl groups is 1. The van der Waals surface area contributed by atoms with E-state index in [4.69, 9.17) is 10.5 Å².